The highest BCUT2D eigenvalue weighted by atomic mass is 32.2. The Morgan fingerprint density at radius 2 is 2.18 bits per heavy atom. The molecule has 1 atom stereocenters. The molecule has 2 rings (SSSR count). The maximum absolute atomic E-state index is 12.4. The minimum atomic E-state index is -0.873. The fourth-order valence-corrected chi connectivity index (χ4v) is 3.58. The zero-order valence-corrected chi connectivity index (χ0v) is 13.5. The molecule has 120 valence electrons. The zero-order valence-electron chi connectivity index (χ0n) is 12.7. The van der Waals surface area contributed by atoms with Gasteiger partial charge in [-0.2, -0.15) is 11.8 Å². The fraction of sp³-hybridized carbons (Fsp3) is 0.500. The van der Waals surface area contributed by atoms with Crippen LogP contribution in [-0.2, 0) is 16.0 Å². The molecule has 1 unspecified atom stereocenters. The monoisotopic (exact) mass is 323 g/mol. The molecule has 1 aliphatic rings. The van der Waals surface area contributed by atoms with Crippen molar-refractivity contribution in [1.29, 1.82) is 0 Å². The summed E-state index contributed by atoms with van der Waals surface area (Å²) in [7, 11) is 0. The van der Waals surface area contributed by atoms with Crippen molar-refractivity contribution < 1.29 is 19.4 Å². The maximum atomic E-state index is 12.4. The second-order valence-electron chi connectivity index (χ2n) is 5.16. The number of benzene rings is 1. The van der Waals surface area contributed by atoms with E-state index < -0.39 is 5.97 Å². The fourth-order valence-electron chi connectivity index (χ4n) is 2.51. The normalized spacial score (nSPS) is 18.0. The smallest absolute Gasteiger partial charge is 0.305 e. The van der Waals surface area contributed by atoms with E-state index in [4.69, 9.17) is 9.84 Å². The van der Waals surface area contributed by atoms with Crippen LogP contribution in [0.2, 0.25) is 0 Å². The largest absolute Gasteiger partial charge is 0.483 e. The van der Waals surface area contributed by atoms with E-state index in [-0.39, 0.29) is 25.0 Å². The molecule has 1 fully saturated rings. The van der Waals surface area contributed by atoms with Gasteiger partial charge >= 0.3 is 5.97 Å². The highest BCUT2D eigenvalue weighted by molar-refractivity contribution is 7.99. The minimum absolute atomic E-state index is 0.00964. The lowest BCUT2D eigenvalue weighted by molar-refractivity contribution is -0.141. The molecule has 1 amide bonds. The van der Waals surface area contributed by atoms with Crippen LogP contribution in [0, 0.1) is 0 Å². The van der Waals surface area contributed by atoms with Gasteiger partial charge in [0.25, 0.3) is 5.91 Å². The van der Waals surface area contributed by atoms with Crippen LogP contribution in [-0.4, -0.2) is 52.6 Å². The summed E-state index contributed by atoms with van der Waals surface area (Å²) in [6.07, 6.45) is 0.830. The molecule has 0 aliphatic carbocycles. The molecule has 1 saturated heterocycles. The SMILES string of the molecule is CCc1ccccc1OCC(=O)N1CCSCC1CC(=O)O. The van der Waals surface area contributed by atoms with Crippen molar-refractivity contribution in [3.05, 3.63) is 29.8 Å². The number of nitrogens with zero attached hydrogens (tertiary/aromatic N) is 1. The zero-order chi connectivity index (χ0) is 15.9. The first kappa shape index (κ1) is 16.7. The predicted molar refractivity (Wildman–Crippen MR) is 86.4 cm³/mol. The quantitative estimate of drug-likeness (QED) is 0.868. The molecule has 1 N–H and O–H groups in total. The van der Waals surface area contributed by atoms with Crippen molar-refractivity contribution in [2.24, 2.45) is 0 Å². The number of hydrogen-bond donors (Lipinski definition) is 1. The molecule has 0 bridgehead atoms. The Hall–Kier alpha value is -1.69. The number of ether oxygens (including phenoxy) is 1. The number of rotatable bonds is 6. The molecular weight excluding hydrogens is 302 g/mol. The number of aliphatic carboxylic acids is 1. The lowest BCUT2D eigenvalue weighted by atomic mass is 10.1. The van der Waals surface area contributed by atoms with Crippen molar-refractivity contribution in [3.8, 4) is 5.75 Å². The molecule has 1 heterocycles. The van der Waals surface area contributed by atoms with Crippen LogP contribution in [0.4, 0.5) is 0 Å². The van der Waals surface area contributed by atoms with Crippen LogP contribution < -0.4 is 4.74 Å². The Kier molecular flexibility index (Phi) is 6.12. The van der Waals surface area contributed by atoms with E-state index in [1.807, 2.05) is 31.2 Å². The standard InChI is InChI=1S/C16H21NO4S/c1-2-12-5-3-4-6-14(12)21-10-15(18)17-7-8-22-11-13(17)9-16(19)20/h3-6,13H,2,7-11H2,1H3,(H,19,20). The summed E-state index contributed by atoms with van der Waals surface area (Å²) in [5.41, 5.74) is 1.06. The van der Waals surface area contributed by atoms with E-state index in [9.17, 15) is 9.59 Å². The number of thioether (sulfide) groups is 1. The number of carboxylic acids is 1. The van der Waals surface area contributed by atoms with Crippen molar-refractivity contribution in [2.75, 3.05) is 24.7 Å². The lowest BCUT2D eigenvalue weighted by Gasteiger charge is -2.34. The Balaban J connectivity index is 1.96. The number of carboxylic acid groups (broad SMARTS) is 1. The van der Waals surface area contributed by atoms with Crippen molar-refractivity contribution >= 4 is 23.6 Å². The Labute approximate surface area is 134 Å². The predicted octanol–water partition coefficient (Wildman–Crippen LogP) is 2.05. The van der Waals surface area contributed by atoms with E-state index in [1.54, 1.807) is 16.7 Å². The molecule has 1 aromatic rings. The molecule has 0 radical (unpaired) electrons. The molecule has 1 aliphatic heterocycles. The van der Waals surface area contributed by atoms with Crippen LogP contribution >= 0.6 is 11.8 Å². The van der Waals surface area contributed by atoms with Gasteiger partial charge in [-0.3, -0.25) is 9.59 Å². The number of amides is 1. The molecule has 22 heavy (non-hydrogen) atoms. The molecule has 1 aromatic carbocycles. The number of carbonyl (C=O) groups is 2. The van der Waals surface area contributed by atoms with Crippen molar-refractivity contribution in [1.82, 2.24) is 4.90 Å². The first-order chi connectivity index (χ1) is 10.6. The van der Waals surface area contributed by atoms with Crippen molar-refractivity contribution in [2.45, 2.75) is 25.8 Å². The van der Waals surface area contributed by atoms with Crippen LogP contribution in [0.1, 0.15) is 18.9 Å². The highest BCUT2D eigenvalue weighted by Crippen LogP contribution is 2.21. The Morgan fingerprint density at radius 3 is 2.91 bits per heavy atom. The summed E-state index contributed by atoms with van der Waals surface area (Å²) < 4.78 is 5.65. The molecule has 5 nitrogen and oxygen atoms in total. The second kappa shape index (κ2) is 8.08. The summed E-state index contributed by atoms with van der Waals surface area (Å²) in [4.78, 5) is 24.9. The number of carbonyl (C=O) groups excluding carboxylic acids is 1. The molecular formula is C16H21NO4S. The van der Waals surface area contributed by atoms with Crippen LogP contribution in [0.5, 0.6) is 5.75 Å². The van der Waals surface area contributed by atoms with E-state index in [2.05, 4.69) is 0 Å². The van der Waals surface area contributed by atoms with Crippen LogP contribution in [0.15, 0.2) is 24.3 Å². The van der Waals surface area contributed by atoms with Gasteiger partial charge in [-0.1, -0.05) is 25.1 Å². The lowest BCUT2D eigenvalue weighted by Crippen LogP contribution is -2.48. The van der Waals surface area contributed by atoms with Crippen LogP contribution in [0.25, 0.3) is 0 Å². The van der Waals surface area contributed by atoms with Gasteiger partial charge in [-0.05, 0) is 18.1 Å². The van der Waals surface area contributed by atoms with Gasteiger partial charge in [0.15, 0.2) is 6.61 Å². The van der Waals surface area contributed by atoms with E-state index >= 15 is 0 Å². The first-order valence-corrected chi connectivity index (χ1v) is 8.57. The van der Waals surface area contributed by atoms with E-state index in [0.717, 1.165) is 23.5 Å². The van der Waals surface area contributed by atoms with Gasteiger partial charge in [0.05, 0.1) is 12.5 Å². The van der Waals surface area contributed by atoms with Crippen molar-refractivity contribution in [3.63, 3.8) is 0 Å². The summed E-state index contributed by atoms with van der Waals surface area (Å²) in [5, 5.41) is 8.96. The number of aryl methyl sites for hydroxylation is 1. The third kappa shape index (κ3) is 4.40. The summed E-state index contributed by atoms with van der Waals surface area (Å²) in [6.45, 7) is 2.58. The topological polar surface area (TPSA) is 66.8 Å². The maximum Gasteiger partial charge on any atom is 0.305 e. The molecule has 0 spiro atoms. The summed E-state index contributed by atoms with van der Waals surface area (Å²) in [5.74, 6) is 1.22. The Morgan fingerprint density at radius 1 is 1.41 bits per heavy atom. The van der Waals surface area contributed by atoms with Gasteiger partial charge in [0.2, 0.25) is 0 Å². The third-order valence-corrected chi connectivity index (χ3v) is 4.75. The number of para-hydroxylation sites is 1. The Bertz CT molecular complexity index is 535. The summed E-state index contributed by atoms with van der Waals surface area (Å²) in [6, 6.07) is 7.41. The van der Waals surface area contributed by atoms with Gasteiger partial charge in [0, 0.05) is 18.1 Å². The molecule has 0 saturated carbocycles. The van der Waals surface area contributed by atoms with Gasteiger partial charge in [-0.15, -0.1) is 0 Å². The minimum Gasteiger partial charge on any atom is -0.483 e. The highest BCUT2D eigenvalue weighted by Gasteiger charge is 2.29. The average molecular weight is 323 g/mol. The van der Waals surface area contributed by atoms with Gasteiger partial charge < -0.3 is 14.7 Å². The van der Waals surface area contributed by atoms with Crippen LogP contribution in [0.3, 0.4) is 0 Å². The van der Waals surface area contributed by atoms with Gasteiger partial charge in [-0.25, -0.2) is 0 Å². The third-order valence-electron chi connectivity index (χ3n) is 3.66. The summed E-state index contributed by atoms with van der Waals surface area (Å²) >= 11 is 1.69. The second-order valence-corrected chi connectivity index (χ2v) is 6.31. The number of hydrogen-bond acceptors (Lipinski definition) is 4. The first-order valence-electron chi connectivity index (χ1n) is 7.41. The molecule has 6 heteroatoms. The average Bonchev–Trinajstić information content (AvgIpc) is 2.52. The molecule has 0 aromatic heterocycles. The van der Waals surface area contributed by atoms with E-state index in [0.29, 0.717) is 12.3 Å². The van der Waals surface area contributed by atoms with E-state index in [1.165, 1.54) is 0 Å². The van der Waals surface area contributed by atoms with Gasteiger partial charge in [0.1, 0.15) is 5.75 Å².